The topological polar surface area (TPSA) is 80.2 Å². The fraction of sp³-hybridized carbons (Fsp3) is 0.444. The van der Waals surface area contributed by atoms with Gasteiger partial charge in [-0.1, -0.05) is 11.6 Å². The summed E-state index contributed by atoms with van der Waals surface area (Å²) < 4.78 is 21.9. The van der Waals surface area contributed by atoms with Gasteiger partial charge in [0.15, 0.2) is 10.8 Å². The lowest BCUT2D eigenvalue weighted by atomic mass is 10.3. The molecule has 0 radical (unpaired) electrons. The van der Waals surface area contributed by atoms with Gasteiger partial charge in [0.25, 0.3) is 5.91 Å². The number of rotatable bonds is 4. The summed E-state index contributed by atoms with van der Waals surface area (Å²) >= 11 is 5.54. The van der Waals surface area contributed by atoms with Gasteiger partial charge in [0.2, 0.25) is 0 Å². The monoisotopic (exact) mass is 277 g/mol. The molecular formula is C9H12ClN3O3S. The molecular weight excluding hydrogens is 266 g/mol. The maximum Gasteiger partial charge on any atom is 0.274 e. The van der Waals surface area contributed by atoms with Crippen molar-refractivity contribution in [2.75, 3.05) is 25.6 Å². The summed E-state index contributed by atoms with van der Waals surface area (Å²) in [6.07, 6.45) is 1.12. The number of hydrogen-bond donors (Lipinski definition) is 0. The molecule has 0 aliphatic rings. The molecule has 17 heavy (non-hydrogen) atoms. The molecule has 0 unspecified atom stereocenters. The number of nitrogens with zero attached hydrogens (tertiary/aromatic N) is 3. The molecule has 1 amide bonds. The second-order valence-corrected chi connectivity index (χ2v) is 6.24. The van der Waals surface area contributed by atoms with Gasteiger partial charge in [0.1, 0.15) is 9.84 Å². The van der Waals surface area contributed by atoms with Gasteiger partial charge in [-0.15, -0.1) is 10.2 Å². The first-order valence-electron chi connectivity index (χ1n) is 4.72. The zero-order chi connectivity index (χ0) is 13.1. The zero-order valence-corrected chi connectivity index (χ0v) is 11.0. The summed E-state index contributed by atoms with van der Waals surface area (Å²) in [4.78, 5) is 13.0. The van der Waals surface area contributed by atoms with E-state index in [2.05, 4.69) is 10.2 Å². The predicted molar refractivity (Wildman–Crippen MR) is 63.7 cm³/mol. The van der Waals surface area contributed by atoms with Crippen LogP contribution in [0.4, 0.5) is 0 Å². The van der Waals surface area contributed by atoms with E-state index in [-0.39, 0.29) is 23.1 Å². The fourth-order valence-corrected chi connectivity index (χ4v) is 1.74. The second-order valence-electron chi connectivity index (χ2n) is 3.60. The Hall–Kier alpha value is -1.21. The minimum atomic E-state index is -3.09. The predicted octanol–water partition coefficient (Wildman–Crippen LogP) is 0.247. The van der Waals surface area contributed by atoms with Crippen molar-refractivity contribution in [1.82, 2.24) is 15.1 Å². The van der Waals surface area contributed by atoms with Gasteiger partial charge in [-0.25, -0.2) is 8.42 Å². The van der Waals surface area contributed by atoms with Crippen LogP contribution in [0.15, 0.2) is 12.1 Å². The van der Waals surface area contributed by atoms with Crippen molar-refractivity contribution < 1.29 is 13.2 Å². The lowest BCUT2D eigenvalue weighted by molar-refractivity contribution is 0.0796. The maximum absolute atomic E-state index is 11.8. The van der Waals surface area contributed by atoms with Gasteiger partial charge in [0.05, 0.1) is 5.75 Å². The van der Waals surface area contributed by atoms with Gasteiger partial charge < -0.3 is 4.90 Å². The van der Waals surface area contributed by atoms with E-state index in [0.29, 0.717) is 0 Å². The molecule has 6 nitrogen and oxygen atoms in total. The highest BCUT2D eigenvalue weighted by atomic mass is 35.5. The third kappa shape index (κ3) is 4.66. The Morgan fingerprint density at radius 2 is 2.06 bits per heavy atom. The molecule has 1 rings (SSSR count). The summed E-state index contributed by atoms with van der Waals surface area (Å²) in [5.41, 5.74) is 0.130. The summed E-state index contributed by atoms with van der Waals surface area (Å²) in [6, 6.07) is 2.89. The van der Waals surface area contributed by atoms with Crippen molar-refractivity contribution in [3.63, 3.8) is 0 Å². The highest BCUT2D eigenvalue weighted by Crippen LogP contribution is 2.04. The Morgan fingerprint density at radius 3 is 2.53 bits per heavy atom. The number of amides is 1. The minimum absolute atomic E-state index is 0.0870. The number of halogens is 1. The molecule has 1 aromatic rings. The Balaban J connectivity index is 2.67. The van der Waals surface area contributed by atoms with Crippen molar-refractivity contribution in [2.45, 2.75) is 0 Å². The third-order valence-electron chi connectivity index (χ3n) is 2.00. The van der Waals surface area contributed by atoms with E-state index in [0.717, 1.165) is 6.26 Å². The third-order valence-corrected chi connectivity index (χ3v) is 3.12. The molecule has 0 aliphatic carbocycles. The van der Waals surface area contributed by atoms with E-state index in [1.54, 1.807) is 0 Å². The van der Waals surface area contributed by atoms with Crippen LogP contribution in [0.5, 0.6) is 0 Å². The molecule has 0 saturated heterocycles. The average Bonchev–Trinajstić information content (AvgIpc) is 2.25. The highest BCUT2D eigenvalue weighted by molar-refractivity contribution is 7.90. The van der Waals surface area contributed by atoms with Crippen molar-refractivity contribution in [2.24, 2.45) is 0 Å². The molecule has 8 heteroatoms. The first-order valence-corrected chi connectivity index (χ1v) is 7.16. The van der Waals surface area contributed by atoms with Crippen LogP contribution in [0, 0.1) is 0 Å². The van der Waals surface area contributed by atoms with Gasteiger partial charge in [0, 0.05) is 19.8 Å². The number of carbonyl (C=O) groups is 1. The normalized spacial score (nSPS) is 11.2. The zero-order valence-electron chi connectivity index (χ0n) is 9.42. The van der Waals surface area contributed by atoms with E-state index < -0.39 is 15.7 Å². The minimum Gasteiger partial charge on any atom is -0.339 e. The van der Waals surface area contributed by atoms with Crippen LogP contribution in [0.25, 0.3) is 0 Å². The summed E-state index contributed by atoms with van der Waals surface area (Å²) in [7, 11) is -1.59. The Labute approximate surface area is 105 Å². The quantitative estimate of drug-likeness (QED) is 0.788. The van der Waals surface area contributed by atoms with Crippen molar-refractivity contribution in [3.8, 4) is 0 Å². The molecule has 0 bridgehead atoms. The van der Waals surface area contributed by atoms with Gasteiger partial charge >= 0.3 is 0 Å². The second kappa shape index (κ2) is 5.42. The smallest absolute Gasteiger partial charge is 0.274 e. The standard InChI is InChI=1S/C9H12ClN3O3S/c1-13(5-6-17(2,15)16)9(14)7-3-4-8(10)12-11-7/h3-4H,5-6H2,1-2H3. The molecule has 0 N–H and O–H groups in total. The molecule has 0 aliphatic heterocycles. The van der Waals surface area contributed by atoms with E-state index >= 15 is 0 Å². The molecule has 0 atom stereocenters. The number of aromatic nitrogens is 2. The van der Waals surface area contributed by atoms with Crippen molar-refractivity contribution in [3.05, 3.63) is 23.0 Å². The highest BCUT2D eigenvalue weighted by Gasteiger charge is 2.15. The summed E-state index contributed by atoms with van der Waals surface area (Å²) in [5.74, 6) is -0.478. The maximum atomic E-state index is 11.8. The Kier molecular flexibility index (Phi) is 4.41. The Morgan fingerprint density at radius 1 is 1.41 bits per heavy atom. The van der Waals surface area contributed by atoms with Crippen LogP contribution >= 0.6 is 11.6 Å². The van der Waals surface area contributed by atoms with Gasteiger partial charge in [-0.3, -0.25) is 4.79 Å². The fourth-order valence-electron chi connectivity index (χ4n) is 1.03. The van der Waals surface area contributed by atoms with Gasteiger partial charge in [-0.05, 0) is 12.1 Å². The van der Waals surface area contributed by atoms with Crippen LogP contribution < -0.4 is 0 Å². The van der Waals surface area contributed by atoms with E-state index in [1.807, 2.05) is 0 Å². The first kappa shape index (κ1) is 13.9. The van der Waals surface area contributed by atoms with Crippen LogP contribution in [-0.4, -0.2) is 55.0 Å². The number of sulfone groups is 1. The van der Waals surface area contributed by atoms with Crippen LogP contribution in [0.1, 0.15) is 10.5 Å². The molecule has 0 saturated carbocycles. The van der Waals surface area contributed by atoms with E-state index in [1.165, 1.54) is 24.1 Å². The molecule has 1 aromatic heterocycles. The Bertz CT molecular complexity index is 501. The van der Waals surface area contributed by atoms with Crippen molar-refractivity contribution in [1.29, 1.82) is 0 Å². The number of hydrogen-bond acceptors (Lipinski definition) is 5. The van der Waals surface area contributed by atoms with Crippen LogP contribution in [0.3, 0.4) is 0 Å². The lowest BCUT2D eigenvalue weighted by Crippen LogP contribution is -2.32. The molecule has 0 spiro atoms. The molecule has 94 valence electrons. The number of carbonyl (C=O) groups excluding carboxylic acids is 1. The lowest BCUT2D eigenvalue weighted by Gasteiger charge is -2.15. The van der Waals surface area contributed by atoms with E-state index in [9.17, 15) is 13.2 Å². The first-order chi connectivity index (χ1) is 7.79. The molecule has 1 heterocycles. The van der Waals surface area contributed by atoms with Crippen molar-refractivity contribution >= 4 is 27.3 Å². The molecule has 0 aromatic carbocycles. The van der Waals surface area contributed by atoms with E-state index in [4.69, 9.17) is 11.6 Å². The summed E-state index contributed by atoms with van der Waals surface area (Å²) in [6.45, 7) is 0.113. The summed E-state index contributed by atoms with van der Waals surface area (Å²) in [5, 5.41) is 7.36. The van der Waals surface area contributed by atoms with Crippen LogP contribution in [0.2, 0.25) is 5.15 Å². The SMILES string of the molecule is CN(CCS(C)(=O)=O)C(=O)c1ccc(Cl)nn1. The molecule has 0 fully saturated rings. The largest absolute Gasteiger partial charge is 0.339 e. The van der Waals surface area contributed by atoms with Gasteiger partial charge in [-0.2, -0.15) is 0 Å². The average molecular weight is 278 g/mol. The van der Waals surface area contributed by atoms with Crippen LogP contribution in [-0.2, 0) is 9.84 Å².